The molecule has 1 aromatic rings. The van der Waals surface area contributed by atoms with Crippen LogP contribution in [-0.2, 0) is 11.2 Å². The Morgan fingerprint density at radius 1 is 1.00 bits per heavy atom. The molecule has 1 saturated heterocycles. The molecule has 1 aliphatic heterocycles. The molecule has 0 aromatic heterocycles. The van der Waals surface area contributed by atoms with Gasteiger partial charge in [-0.05, 0) is 12.0 Å². The predicted octanol–water partition coefficient (Wildman–Crippen LogP) is 1.67. The van der Waals surface area contributed by atoms with E-state index in [-0.39, 0.29) is 24.8 Å². The first kappa shape index (κ1) is 21.6. The van der Waals surface area contributed by atoms with Crippen molar-refractivity contribution < 1.29 is 4.74 Å². The molecule has 22 heavy (non-hydrogen) atoms. The van der Waals surface area contributed by atoms with Crippen molar-refractivity contribution in [1.82, 2.24) is 9.80 Å². The maximum atomic E-state index is 5.73. The van der Waals surface area contributed by atoms with Gasteiger partial charge in [0.05, 0.1) is 13.2 Å². The molecule has 4 nitrogen and oxygen atoms in total. The Hall–Kier alpha value is -0.360. The van der Waals surface area contributed by atoms with Crippen LogP contribution in [0.15, 0.2) is 30.3 Å². The van der Waals surface area contributed by atoms with E-state index in [2.05, 4.69) is 40.1 Å². The van der Waals surface area contributed by atoms with E-state index in [0.717, 1.165) is 65.4 Å². The quantitative estimate of drug-likeness (QED) is 0.774. The smallest absolute Gasteiger partial charge is 0.0594 e. The maximum absolute atomic E-state index is 5.73. The van der Waals surface area contributed by atoms with E-state index in [4.69, 9.17) is 10.5 Å². The standard InChI is InChI=1S/C16H27N3O.2ClH/c17-7-9-18(8-6-16-4-2-1-3-5-16)10-11-19-12-14-20-15-13-19;;/h1-5H,6-15,17H2;2*1H. The molecule has 0 bridgehead atoms. The summed E-state index contributed by atoms with van der Waals surface area (Å²) in [6.07, 6.45) is 1.10. The minimum atomic E-state index is 0. The van der Waals surface area contributed by atoms with Crippen LogP contribution in [0.3, 0.4) is 0 Å². The summed E-state index contributed by atoms with van der Waals surface area (Å²) in [4.78, 5) is 4.96. The van der Waals surface area contributed by atoms with Crippen molar-refractivity contribution in [2.24, 2.45) is 5.73 Å². The Balaban J connectivity index is 0.00000220. The summed E-state index contributed by atoms with van der Waals surface area (Å²) in [5, 5.41) is 0. The van der Waals surface area contributed by atoms with Crippen molar-refractivity contribution in [2.45, 2.75) is 6.42 Å². The lowest BCUT2D eigenvalue weighted by Crippen LogP contribution is -2.43. The summed E-state index contributed by atoms with van der Waals surface area (Å²) >= 11 is 0. The fourth-order valence-electron chi connectivity index (χ4n) is 2.56. The molecular weight excluding hydrogens is 321 g/mol. The van der Waals surface area contributed by atoms with Crippen LogP contribution in [0.2, 0.25) is 0 Å². The number of nitrogens with zero attached hydrogens (tertiary/aromatic N) is 2. The van der Waals surface area contributed by atoms with Gasteiger partial charge in [-0.15, -0.1) is 24.8 Å². The first-order chi connectivity index (χ1) is 9.88. The number of ether oxygens (including phenoxy) is 1. The van der Waals surface area contributed by atoms with E-state index in [1.54, 1.807) is 0 Å². The van der Waals surface area contributed by atoms with Gasteiger partial charge in [0, 0.05) is 45.8 Å². The number of benzene rings is 1. The molecule has 1 fully saturated rings. The lowest BCUT2D eigenvalue weighted by atomic mass is 10.1. The molecular formula is C16H29Cl2N3O. The van der Waals surface area contributed by atoms with E-state index in [1.165, 1.54) is 5.56 Å². The van der Waals surface area contributed by atoms with Crippen LogP contribution in [-0.4, -0.2) is 68.8 Å². The fourth-order valence-corrected chi connectivity index (χ4v) is 2.56. The van der Waals surface area contributed by atoms with Gasteiger partial charge < -0.3 is 15.4 Å². The van der Waals surface area contributed by atoms with Crippen molar-refractivity contribution in [2.75, 3.05) is 59.0 Å². The molecule has 0 amide bonds. The number of nitrogens with two attached hydrogens (primary N) is 1. The molecule has 0 aliphatic carbocycles. The van der Waals surface area contributed by atoms with E-state index >= 15 is 0 Å². The normalized spacial score (nSPS) is 15.2. The molecule has 6 heteroatoms. The number of morpholine rings is 1. The molecule has 0 saturated carbocycles. The summed E-state index contributed by atoms with van der Waals surface area (Å²) < 4.78 is 5.38. The molecule has 2 rings (SSSR count). The Kier molecular flexibility index (Phi) is 12.9. The van der Waals surface area contributed by atoms with Gasteiger partial charge in [0.15, 0.2) is 0 Å². The predicted molar refractivity (Wildman–Crippen MR) is 97.4 cm³/mol. The second-order valence-corrected chi connectivity index (χ2v) is 5.32. The molecule has 1 heterocycles. The molecule has 0 radical (unpaired) electrons. The highest BCUT2D eigenvalue weighted by Crippen LogP contribution is 2.02. The largest absolute Gasteiger partial charge is 0.379 e. The van der Waals surface area contributed by atoms with Crippen LogP contribution >= 0.6 is 24.8 Å². The zero-order valence-corrected chi connectivity index (χ0v) is 14.8. The number of hydrogen-bond donors (Lipinski definition) is 1. The van der Waals surface area contributed by atoms with Gasteiger partial charge in [-0.3, -0.25) is 4.90 Å². The highest BCUT2D eigenvalue weighted by atomic mass is 35.5. The summed E-state index contributed by atoms with van der Waals surface area (Å²) in [6.45, 7) is 8.91. The van der Waals surface area contributed by atoms with Gasteiger partial charge in [-0.25, -0.2) is 0 Å². The number of rotatable bonds is 8. The van der Waals surface area contributed by atoms with E-state index in [1.807, 2.05) is 0 Å². The third kappa shape index (κ3) is 8.32. The molecule has 1 aliphatic rings. The SMILES string of the molecule is Cl.Cl.NCCN(CCc1ccccc1)CCN1CCOCC1. The number of halogens is 2. The Labute approximate surface area is 146 Å². The Morgan fingerprint density at radius 3 is 2.32 bits per heavy atom. The van der Waals surface area contributed by atoms with Gasteiger partial charge in [-0.1, -0.05) is 30.3 Å². The lowest BCUT2D eigenvalue weighted by Gasteiger charge is -2.30. The van der Waals surface area contributed by atoms with Crippen LogP contribution in [0.5, 0.6) is 0 Å². The first-order valence-electron chi connectivity index (χ1n) is 7.65. The molecule has 2 N–H and O–H groups in total. The van der Waals surface area contributed by atoms with Crippen LogP contribution < -0.4 is 5.73 Å². The zero-order valence-electron chi connectivity index (χ0n) is 13.2. The molecule has 1 aromatic carbocycles. The second kappa shape index (κ2) is 13.1. The summed E-state index contributed by atoms with van der Waals surface area (Å²) in [5.41, 5.74) is 7.14. The molecule has 128 valence electrons. The van der Waals surface area contributed by atoms with E-state index in [9.17, 15) is 0 Å². The van der Waals surface area contributed by atoms with Gasteiger partial charge in [0.1, 0.15) is 0 Å². The van der Waals surface area contributed by atoms with Crippen LogP contribution in [0.1, 0.15) is 5.56 Å². The van der Waals surface area contributed by atoms with Gasteiger partial charge in [-0.2, -0.15) is 0 Å². The second-order valence-electron chi connectivity index (χ2n) is 5.32. The van der Waals surface area contributed by atoms with E-state index < -0.39 is 0 Å². The first-order valence-corrected chi connectivity index (χ1v) is 7.65. The van der Waals surface area contributed by atoms with Crippen molar-refractivity contribution >= 4 is 24.8 Å². The average Bonchev–Trinajstić information content (AvgIpc) is 2.52. The highest BCUT2D eigenvalue weighted by Gasteiger charge is 2.12. The Bertz CT molecular complexity index is 362. The average molecular weight is 350 g/mol. The topological polar surface area (TPSA) is 41.7 Å². The van der Waals surface area contributed by atoms with E-state index in [0.29, 0.717) is 0 Å². The molecule has 0 atom stereocenters. The maximum Gasteiger partial charge on any atom is 0.0594 e. The van der Waals surface area contributed by atoms with Crippen LogP contribution in [0.4, 0.5) is 0 Å². The lowest BCUT2D eigenvalue weighted by molar-refractivity contribution is 0.0335. The van der Waals surface area contributed by atoms with Crippen LogP contribution in [0.25, 0.3) is 0 Å². The zero-order chi connectivity index (χ0) is 14.0. The van der Waals surface area contributed by atoms with Gasteiger partial charge in [0.25, 0.3) is 0 Å². The summed E-state index contributed by atoms with van der Waals surface area (Å²) in [7, 11) is 0. The molecule has 0 spiro atoms. The van der Waals surface area contributed by atoms with Crippen molar-refractivity contribution in [3.63, 3.8) is 0 Å². The summed E-state index contributed by atoms with van der Waals surface area (Å²) in [6, 6.07) is 10.7. The van der Waals surface area contributed by atoms with Crippen molar-refractivity contribution in [1.29, 1.82) is 0 Å². The van der Waals surface area contributed by atoms with Crippen molar-refractivity contribution in [3.8, 4) is 0 Å². The third-order valence-electron chi connectivity index (χ3n) is 3.84. The Morgan fingerprint density at radius 2 is 1.68 bits per heavy atom. The highest BCUT2D eigenvalue weighted by molar-refractivity contribution is 5.85. The van der Waals surface area contributed by atoms with Crippen molar-refractivity contribution in [3.05, 3.63) is 35.9 Å². The molecule has 0 unspecified atom stereocenters. The van der Waals surface area contributed by atoms with Gasteiger partial charge in [0.2, 0.25) is 0 Å². The third-order valence-corrected chi connectivity index (χ3v) is 3.84. The van der Waals surface area contributed by atoms with Gasteiger partial charge >= 0.3 is 0 Å². The van der Waals surface area contributed by atoms with Crippen LogP contribution in [0, 0.1) is 0 Å². The summed E-state index contributed by atoms with van der Waals surface area (Å²) in [5.74, 6) is 0. The number of hydrogen-bond acceptors (Lipinski definition) is 4. The monoisotopic (exact) mass is 349 g/mol. The minimum Gasteiger partial charge on any atom is -0.379 e. The minimum absolute atomic E-state index is 0. The fraction of sp³-hybridized carbons (Fsp3) is 0.625.